The monoisotopic (exact) mass is 320 g/mol. The molecule has 1 N–H and O–H groups in total. The first-order chi connectivity index (χ1) is 10.6. The van der Waals surface area contributed by atoms with Gasteiger partial charge >= 0.3 is 0 Å². The standard InChI is InChI=1S/C16H24N4OS/c1-5-7-20(8-6-2)13(21)9-17-15-14-11(3)12(4)22-16(14)19-10-18-15/h10H,5-9H2,1-4H3,(H,17,18,19). The number of aryl methyl sites for hydroxylation is 2. The molecule has 120 valence electrons. The minimum Gasteiger partial charge on any atom is -0.360 e. The van der Waals surface area contributed by atoms with Crippen LogP contribution < -0.4 is 5.32 Å². The molecule has 22 heavy (non-hydrogen) atoms. The molecule has 1 amide bonds. The second-order valence-corrected chi connectivity index (χ2v) is 6.62. The Balaban J connectivity index is 2.13. The van der Waals surface area contributed by atoms with Crippen LogP contribution in [0.25, 0.3) is 10.2 Å². The highest BCUT2D eigenvalue weighted by molar-refractivity contribution is 7.18. The third kappa shape index (κ3) is 3.55. The molecule has 0 aliphatic heterocycles. The first-order valence-corrected chi connectivity index (χ1v) is 8.62. The highest BCUT2D eigenvalue weighted by Crippen LogP contribution is 2.32. The maximum Gasteiger partial charge on any atom is 0.241 e. The zero-order valence-electron chi connectivity index (χ0n) is 13.8. The molecule has 0 fully saturated rings. The lowest BCUT2D eigenvalue weighted by molar-refractivity contribution is -0.129. The molecular formula is C16H24N4OS. The Morgan fingerprint density at radius 1 is 1.23 bits per heavy atom. The topological polar surface area (TPSA) is 58.1 Å². The van der Waals surface area contributed by atoms with Gasteiger partial charge in [-0.3, -0.25) is 4.79 Å². The van der Waals surface area contributed by atoms with Crippen LogP contribution >= 0.6 is 11.3 Å². The summed E-state index contributed by atoms with van der Waals surface area (Å²) in [6, 6.07) is 0. The van der Waals surface area contributed by atoms with E-state index in [0.29, 0.717) is 0 Å². The van der Waals surface area contributed by atoms with E-state index in [9.17, 15) is 4.79 Å². The van der Waals surface area contributed by atoms with Crippen LogP contribution in [0.1, 0.15) is 37.1 Å². The molecule has 0 radical (unpaired) electrons. The average Bonchev–Trinajstić information content (AvgIpc) is 2.80. The van der Waals surface area contributed by atoms with Gasteiger partial charge in [0, 0.05) is 18.0 Å². The van der Waals surface area contributed by atoms with E-state index in [-0.39, 0.29) is 12.5 Å². The molecule has 0 bridgehead atoms. The first kappa shape index (κ1) is 16.7. The molecule has 0 aliphatic carbocycles. The van der Waals surface area contributed by atoms with Gasteiger partial charge in [-0.15, -0.1) is 11.3 Å². The molecule has 0 spiro atoms. The van der Waals surface area contributed by atoms with Crippen molar-refractivity contribution in [2.24, 2.45) is 0 Å². The normalized spacial score (nSPS) is 10.9. The van der Waals surface area contributed by atoms with E-state index in [1.165, 1.54) is 10.4 Å². The van der Waals surface area contributed by atoms with E-state index < -0.39 is 0 Å². The summed E-state index contributed by atoms with van der Waals surface area (Å²) >= 11 is 1.66. The fourth-order valence-electron chi connectivity index (χ4n) is 2.49. The van der Waals surface area contributed by atoms with Gasteiger partial charge in [-0.2, -0.15) is 0 Å². The molecule has 0 aromatic carbocycles. The van der Waals surface area contributed by atoms with Gasteiger partial charge in [-0.25, -0.2) is 9.97 Å². The van der Waals surface area contributed by atoms with Gasteiger partial charge < -0.3 is 10.2 Å². The summed E-state index contributed by atoms with van der Waals surface area (Å²) in [6.07, 6.45) is 3.51. The predicted octanol–water partition coefficient (Wildman–Crippen LogP) is 3.37. The zero-order chi connectivity index (χ0) is 16.1. The third-order valence-electron chi connectivity index (χ3n) is 3.71. The van der Waals surface area contributed by atoms with E-state index in [0.717, 1.165) is 42.0 Å². The lowest BCUT2D eigenvalue weighted by atomic mass is 10.2. The summed E-state index contributed by atoms with van der Waals surface area (Å²) < 4.78 is 0. The molecule has 5 nitrogen and oxygen atoms in total. The summed E-state index contributed by atoms with van der Waals surface area (Å²) in [7, 11) is 0. The number of fused-ring (bicyclic) bond motifs is 1. The van der Waals surface area contributed by atoms with Gasteiger partial charge in [0.15, 0.2) is 0 Å². The van der Waals surface area contributed by atoms with Crippen molar-refractivity contribution in [3.8, 4) is 0 Å². The van der Waals surface area contributed by atoms with E-state index in [1.807, 2.05) is 4.90 Å². The molecule has 2 aromatic rings. The van der Waals surface area contributed by atoms with E-state index in [2.05, 4.69) is 43.0 Å². The quantitative estimate of drug-likeness (QED) is 0.850. The SMILES string of the molecule is CCCN(CCC)C(=O)CNc1ncnc2sc(C)c(C)c12. The predicted molar refractivity (Wildman–Crippen MR) is 92.5 cm³/mol. The van der Waals surface area contributed by atoms with Crippen LogP contribution in [0.5, 0.6) is 0 Å². The highest BCUT2D eigenvalue weighted by Gasteiger charge is 2.15. The number of nitrogens with zero attached hydrogens (tertiary/aromatic N) is 3. The van der Waals surface area contributed by atoms with Crippen LogP contribution in [0, 0.1) is 13.8 Å². The van der Waals surface area contributed by atoms with Gasteiger partial charge in [-0.05, 0) is 32.3 Å². The first-order valence-electron chi connectivity index (χ1n) is 7.80. The van der Waals surface area contributed by atoms with Crippen molar-refractivity contribution in [1.82, 2.24) is 14.9 Å². The number of carbonyl (C=O) groups is 1. The largest absolute Gasteiger partial charge is 0.360 e. The number of hydrogen-bond donors (Lipinski definition) is 1. The number of hydrogen-bond acceptors (Lipinski definition) is 5. The Morgan fingerprint density at radius 3 is 2.55 bits per heavy atom. The molecule has 2 aromatic heterocycles. The number of rotatable bonds is 7. The molecular weight excluding hydrogens is 296 g/mol. The van der Waals surface area contributed by atoms with Crippen LogP contribution in [-0.4, -0.2) is 40.4 Å². The lowest BCUT2D eigenvalue weighted by Crippen LogP contribution is -2.36. The minimum atomic E-state index is 0.125. The van der Waals surface area contributed by atoms with Crippen molar-refractivity contribution in [2.75, 3.05) is 25.0 Å². The molecule has 2 heterocycles. The van der Waals surface area contributed by atoms with Crippen LogP contribution in [-0.2, 0) is 4.79 Å². The van der Waals surface area contributed by atoms with E-state index >= 15 is 0 Å². The summed E-state index contributed by atoms with van der Waals surface area (Å²) in [6.45, 7) is 10.2. The number of aromatic nitrogens is 2. The zero-order valence-corrected chi connectivity index (χ0v) is 14.6. The smallest absolute Gasteiger partial charge is 0.241 e. The molecule has 0 unspecified atom stereocenters. The third-order valence-corrected chi connectivity index (χ3v) is 4.83. The Bertz CT molecular complexity index is 647. The molecule has 0 aliphatic rings. The Kier molecular flexibility index (Phi) is 5.71. The maximum absolute atomic E-state index is 12.3. The number of nitrogens with one attached hydrogen (secondary N) is 1. The second kappa shape index (κ2) is 7.54. The van der Waals surface area contributed by atoms with Gasteiger partial charge in [0.2, 0.25) is 5.91 Å². The fraction of sp³-hybridized carbons (Fsp3) is 0.562. The molecule has 0 saturated heterocycles. The second-order valence-electron chi connectivity index (χ2n) is 5.42. The van der Waals surface area contributed by atoms with Crippen LogP contribution in [0.15, 0.2) is 6.33 Å². The van der Waals surface area contributed by atoms with Crippen LogP contribution in [0.4, 0.5) is 5.82 Å². The van der Waals surface area contributed by atoms with Crippen molar-refractivity contribution in [2.45, 2.75) is 40.5 Å². The lowest BCUT2D eigenvalue weighted by Gasteiger charge is -2.21. The van der Waals surface area contributed by atoms with E-state index in [4.69, 9.17) is 0 Å². The Labute approximate surface area is 135 Å². The number of amides is 1. The van der Waals surface area contributed by atoms with Crippen LogP contribution in [0.2, 0.25) is 0 Å². The Morgan fingerprint density at radius 2 is 1.91 bits per heavy atom. The van der Waals surface area contributed by atoms with Crippen molar-refractivity contribution in [3.63, 3.8) is 0 Å². The fourth-order valence-corrected chi connectivity index (χ4v) is 3.49. The maximum atomic E-state index is 12.3. The van der Waals surface area contributed by atoms with Crippen molar-refractivity contribution >= 4 is 33.3 Å². The average molecular weight is 320 g/mol. The van der Waals surface area contributed by atoms with Gasteiger partial charge in [0.25, 0.3) is 0 Å². The molecule has 2 rings (SSSR count). The summed E-state index contributed by atoms with van der Waals surface area (Å²) in [5, 5.41) is 4.24. The molecule has 6 heteroatoms. The van der Waals surface area contributed by atoms with Crippen LogP contribution in [0.3, 0.4) is 0 Å². The molecule has 0 saturated carbocycles. The van der Waals surface area contributed by atoms with Crippen molar-refractivity contribution < 1.29 is 4.79 Å². The number of anilines is 1. The Hall–Kier alpha value is -1.69. The van der Waals surface area contributed by atoms with Crippen molar-refractivity contribution in [3.05, 3.63) is 16.8 Å². The van der Waals surface area contributed by atoms with Crippen molar-refractivity contribution in [1.29, 1.82) is 0 Å². The summed E-state index contributed by atoms with van der Waals surface area (Å²) in [4.78, 5) is 25.1. The summed E-state index contributed by atoms with van der Waals surface area (Å²) in [5.41, 5.74) is 1.19. The van der Waals surface area contributed by atoms with Gasteiger partial charge in [0.05, 0.1) is 11.9 Å². The van der Waals surface area contributed by atoms with Gasteiger partial charge in [0.1, 0.15) is 17.0 Å². The summed E-state index contributed by atoms with van der Waals surface area (Å²) in [5.74, 6) is 0.883. The minimum absolute atomic E-state index is 0.125. The van der Waals surface area contributed by atoms with E-state index in [1.54, 1.807) is 17.7 Å². The number of thiophene rings is 1. The highest BCUT2D eigenvalue weighted by atomic mass is 32.1. The molecule has 0 atom stereocenters. The number of carbonyl (C=O) groups excluding carboxylic acids is 1. The van der Waals surface area contributed by atoms with Gasteiger partial charge in [-0.1, -0.05) is 13.8 Å².